The zero-order valence-electron chi connectivity index (χ0n) is 19.0. The summed E-state index contributed by atoms with van der Waals surface area (Å²) >= 11 is 0. The van der Waals surface area contributed by atoms with Crippen LogP contribution in [0, 0.1) is 17.3 Å². The van der Waals surface area contributed by atoms with E-state index in [1.807, 2.05) is 18.3 Å². The number of allylic oxidation sites excluding steroid dienone is 1. The Morgan fingerprint density at radius 2 is 2.06 bits per heavy atom. The van der Waals surface area contributed by atoms with Gasteiger partial charge < -0.3 is 14.7 Å². The highest BCUT2D eigenvalue weighted by molar-refractivity contribution is 5.89. The van der Waals surface area contributed by atoms with Gasteiger partial charge in [0, 0.05) is 30.3 Å². The number of rotatable bonds is 3. The van der Waals surface area contributed by atoms with E-state index in [0.29, 0.717) is 36.0 Å². The summed E-state index contributed by atoms with van der Waals surface area (Å²) in [7, 11) is 0. The van der Waals surface area contributed by atoms with Gasteiger partial charge in [-0.05, 0) is 93.4 Å². The maximum Gasteiger partial charge on any atom is 0.336 e. The van der Waals surface area contributed by atoms with Gasteiger partial charge in [0.15, 0.2) is 0 Å². The Morgan fingerprint density at radius 3 is 2.87 bits per heavy atom. The van der Waals surface area contributed by atoms with Crippen molar-refractivity contribution in [2.24, 2.45) is 17.3 Å². The van der Waals surface area contributed by atoms with Crippen molar-refractivity contribution in [2.75, 3.05) is 0 Å². The lowest BCUT2D eigenvalue weighted by Gasteiger charge is -2.50. The van der Waals surface area contributed by atoms with E-state index >= 15 is 0 Å². The number of hydrogen-bond acceptors (Lipinski definition) is 4. The van der Waals surface area contributed by atoms with E-state index in [9.17, 15) is 9.90 Å². The number of aromatic hydroxyl groups is 1. The number of nitrogens with zero attached hydrogens (tertiary/aromatic N) is 1. The van der Waals surface area contributed by atoms with Crippen LogP contribution >= 0.6 is 0 Å². The molecule has 2 saturated carbocycles. The second kappa shape index (κ2) is 7.72. The molecule has 2 fully saturated rings. The van der Waals surface area contributed by atoms with Crippen LogP contribution in [0.2, 0.25) is 0 Å². The van der Waals surface area contributed by atoms with Crippen LogP contribution in [-0.2, 0) is 16.0 Å². The van der Waals surface area contributed by atoms with Crippen molar-refractivity contribution in [3.8, 4) is 5.75 Å². The Labute approximate surface area is 186 Å². The molecule has 0 aromatic heterocycles. The molecule has 31 heavy (non-hydrogen) atoms. The van der Waals surface area contributed by atoms with Gasteiger partial charge in [-0.2, -0.15) is 0 Å². The van der Waals surface area contributed by atoms with Crippen molar-refractivity contribution < 1.29 is 14.6 Å². The minimum atomic E-state index is -0.131. The van der Waals surface area contributed by atoms with Crippen molar-refractivity contribution in [2.45, 2.75) is 83.8 Å². The number of phenols is 1. The summed E-state index contributed by atoms with van der Waals surface area (Å²) < 4.78 is 6.22. The number of carbonyl (C=O) groups is 1. The Hall–Kier alpha value is -2.23. The number of benzene rings is 1. The predicted molar refractivity (Wildman–Crippen MR) is 121 cm³/mol. The summed E-state index contributed by atoms with van der Waals surface area (Å²) in [5.41, 5.74) is 3.62. The fourth-order valence-corrected chi connectivity index (χ4v) is 6.95. The first-order chi connectivity index (χ1) is 14.9. The summed E-state index contributed by atoms with van der Waals surface area (Å²) in [4.78, 5) is 15.1. The molecule has 0 radical (unpaired) electrons. The monoisotopic (exact) mass is 421 g/mol. The molecule has 4 aliphatic rings. The SMILES string of the molecule is CC(C)N1C=CCC(C(=O)O[C@H]2CC[C@H]3[C@@H]4CCc5cc(O)ccc5[C@H]4CC[C@]23C)=C1. The van der Waals surface area contributed by atoms with Crippen molar-refractivity contribution in [3.63, 3.8) is 0 Å². The van der Waals surface area contributed by atoms with Gasteiger partial charge in [0.05, 0.1) is 5.57 Å². The van der Waals surface area contributed by atoms with Crippen molar-refractivity contribution in [1.82, 2.24) is 4.90 Å². The molecule has 0 unspecified atom stereocenters. The number of phenolic OH excluding ortho intramolecular Hbond substituents is 1. The Kier molecular flexibility index (Phi) is 5.15. The van der Waals surface area contributed by atoms with Gasteiger partial charge in [0.25, 0.3) is 0 Å². The molecule has 0 spiro atoms. The van der Waals surface area contributed by atoms with E-state index in [1.54, 1.807) is 0 Å². The van der Waals surface area contributed by atoms with Crippen LogP contribution in [0.5, 0.6) is 5.75 Å². The first kappa shape index (κ1) is 20.7. The molecular weight excluding hydrogens is 386 g/mol. The van der Waals surface area contributed by atoms with E-state index < -0.39 is 0 Å². The number of aryl methyl sites for hydroxylation is 1. The molecule has 166 valence electrons. The van der Waals surface area contributed by atoms with Crippen LogP contribution in [0.3, 0.4) is 0 Å². The Morgan fingerprint density at radius 1 is 1.23 bits per heavy atom. The van der Waals surface area contributed by atoms with Crippen LogP contribution in [0.4, 0.5) is 0 Å². The fourth-order valence-electron chi connectivity index (χ4n) is 6.95. The van der Waals surface area contributed by atoms with E-state index in [1.165, 1.54) is 17.5 Å². The molecule has 4 nitrogen and oxygen atoms in total. The Bertz CT molecular complexity index is 932. The van der Waals surface area contributed by atoms with E-state index in [4.69, 9.17) is 4.74 Å². The Balaban J connectivity index is 1.32. The van der Waals surface area contributed by atoms with E-state index in [-0.39, 0.29) is 17.5 Å². The average molecular weight is 422 g/mol. The minimum absolute atomic E-state index is 0.0199. The van der Waals surface area contributed by atoms with Crippen LogP contribution < -0.4 is 0 Å². The molecule has 0 bridgehead atoms. The quantitative estimate of drug-likeness (QED) is 0.639. The van der Waals surface area contributed by atoms with Crippen LogP contribution in [-0.4, -0.2) is 28.1 Å². The molecule has 5 atom stereocenters. The zero-order valence-corrected chi connectivity index (χ0v) is 19.0. The van der Waals surface area contributed by atoms with Gasteiger partial charge in [-0.3, -0.25) is 0 Å². The number of hydrogen-bond donors (Lipinski definition) is 1. The first-order valence-electron chi connectivity index (χ1n) is 12.0. The van der Waals surface area contributed by atoms with Crippen molar-refractivity contribution in [1.29, 1.82) is 0 Å². The predicted octanol–water partition coefficient (Wildman–Crippen LogP) is 5.67. The highest BCUT2D eigenvalue weighted by Crippen LogP contribution is 2.61. The van der Waals surface area contributed by atoms with Crippen molar-refractivity contribution in [3.05, 3.63) is 53.4 Å². The molecule has 4 heteroatoms. The molecule has 1 aliphatic heterocycles. The normalized spacial score (nSPS) is 34.1. The fraction of sp³-hybridized carbons (Fsp3) is 0.593. The minimum Gasteiger partial charge on any atom is -0.508 e. The standard InChI is InChI=1S/C27H35NO3/c1-17(2)28-14-4-5-19(16-28)26(30)31-25-11-10-24-23-8-6-18-15-20(29)7-9-21(18)22(23)12-13-27(24,25)3/h4,7,9,14-17,22-25,29H,5-6,8,10-13H2,1-3H3/t22-,23-,24+,25+,27+/m1/s1. The number of carbonyl (C=O) groups excluding carboxylic acids is 1. The van der Waals surface area contributed by atoms with Gasteiger partial charge in [-0.25, -0.2) is 4.79 Å². The van der Waals surface area contributed by atoms with Gasteiger partial charge in [0.2, 0.25) is 0 Å². The third kappa shape index (κ3) is 3.48. The number of esters is 1. The van der Waals surface area contributed by atoms with E-state index in [0.717, 1.165) is 37.7 Å². The maximum atomic E-state index is 13.0. The highest BCUT2D eigenvalue weighted by Gasteiger charge is 2.56. The van der Waals surface area contributed by atoms with Gasteiger partial charge >= 0.3 is 5.97 Å². The van der Waals surface area contributed by atoms with Crippen LogP contribution in [0.1, 0.15) is 76.3 Å². The number of fused-ring (bicyclic) bond motifs is 5. The smallest absolute Gasteiger partial charge is 0.336 e. The summed E-state index contributed by atoms with van der Waals surface area (Å²) in [5.74, 6) is 2.11. The van der Waals surface area contributed by atoms with E-state index in [2.05, 4.69) is 44.0 Å². The zero-order chi connectivity index (χ0) is 21.8. The molecule has 1 heterocycles. The third-order valence-corrected chi connectivity index (χ3v) is 8.65. The van der Waals surface area contributed by atoms with Gasteiger partial charge in [-0.15, -0.1) is 0 Å². The molecule has 0 amide bonds. The lowest BCUT2D eigenvalue weighted by molar-refractivity contribution is -0.153. The molecule has 5 rings (SSSR count). The van der Waals surface area contributed by atoms with Crippen LogP contribution in [0.15, 0.2) is 42.2 Å². The molecular formula is C27H35NO3. The van der Waals surface area contributed by atoms with Gasteiger partial charge in [0.1, 0.15) is 11.9 Å². The molecule has 3 aliphatic carbocycles. The average Bonchev–Trinajstić information content (AvgIpc) is 3.09. The second-order valence-corrected chi connectivity index (χ2v) is 10.6. The molecule has 1 N–H and O–H groups in total. The topological polar surface area (TPSA) is 49.8 Å². The van der Waals surface area contributed by atoms with Crippen molar-refractivity contribution >= 4 is 5.97 Å². The summed E-state index contributed by atoms with van der Waals surface area (Å²) in [6.45, 7) is 6.63. The first-order valence-corrected chi connectivity index (χ1v) is 12.0. The largest absolute Gasteiger partial charge is 0.508 e. The molecule has 1 aromatic rings. The lowest BCUT2D eigenvalue weighted by Crippen LogP contribution is -2.45. The summed E-state index contributed by atoms with van der Waals surface area (Å²) in [5, 5.41) is 9.89. The highest BCUT2D eigenvalue weighted by atomic mass is 16.5. The molecule has 0 saturated heterocycles. The second-order valence-electron chi connectivity index (χ2n) is 10.6. The van der Waals surface area contributed by atoms with Crippen LogP contribution in [0.25, 0.3) is 0 Å². The maximum absolute atomic E-state index is 13.0. The summed E-state index contributed by atoms with van der Waals surface area (Å²) in [6.07, 6.45) is 13.4. The lowest BCUT2D eigenvalue weighted by atomic mass is 9.55. The summed E-state index contributed by atoms with van der Waals surface area (Å²) in [6, 6.07) is 6.30. The number of ether oxygens (including phenoxy) is 1. The van der Waals surface area contributed by atoms with Gasteiger partial charge in [-0.1, -0.05) is 19.1 Å². The third-order valence-electron chi connectivity index (χ3n) is 8.65. The molecule has 1 aromatic carbocycles.